The van der Waals surface area contributed by atoms with Gasteiger partial charge in [-0.15, -0.1) is 24.0 Å². The van der Waals surface area contributed by atoms with Crippen LogP contribution in [-0.2, 0) is 0 Å². The first-order chi connectivity index (χ1) is 9.69. The minimum absolute atomic E-state index is 0. The zero-order chi connectivity index (χ0) is 14.4. The topological polar surface area (TPSA) is 59.6 Å². The predicted molar refractivity (Wildman–Crippen MR) is 101 cm³/mol. The summed E-state index contributed by atoms with van der Waals surface area (Å²) in [5.41, 5.74) is 8.09. The zero-order valence-electron chi connectivity index (χ0n) is 12.1. The van der Waals surface area contributed by atoms with Gasteiger partial charge in [0.25, 0.3) is 0 Å². The van der Waals surface area contributed by atoms with E-state index in [0.29, 0.717) is 18.4 Å². The quantitative estimate of drug-likeness (QED) is 0.441. The lowest BCUT2D eigenvalue weighted by molar-refractivity contribution is 0.415. The van der Waals surface area contributed by atoms with Crippen molar-refractivity contribution in [2.45, 2.75) is 12.8 Å². The molecule has 0 amide bonds. The number of nitrogens with one attached hydrogen (secondary N) is 1. The Balaban J connectivity index is 0.00000220. The average Bonchev–Trinajstić information content (AvgIpc) is 3.00. The van der Waals surface area contributed by atoms with Crippen LogP contribution < -0.4 is 15.8 Å². The van der Waals surface area contributed by atoms with Crippen LogP contribution in [0.2, 0.25) is 0 Å². The molecular weight excluding hydrogens is 397 g/mol. The Kier molecular flexibility index (Phi) is 7.52. The molecule has 1 atom stereocenters. The van der Waals surface area contributed by atoms with E-state index in [0.717, 1.165) is 11.4 Å². The standard InChI is InChI=1S/C15H19N3OS.HI/c1-11(12-7-8-20-10-12)9-17-15(16)18-13-3-5-14(19-2)6-4-13;/h3-8,10-11H,9H2,1-2H3,(H3,16,17,18);1H. The van der Waals surface area contributed by atoms with E-state index in [4.69, 9.17) is 10.5 Å². The third-order valence-electron chi connectivity index (χ3n) is 3.01. The number of anilines is 1. The van der Waals surface area contributed by atoms with Gasteiger partial charge >= 0.3 is 0 Å². The molecule has 1 unspecified atom stereocenters. The van der Waals surface area contributed by atoms with Gasteiger partial charge < -0.3 is 15.8 Å². The van der Waals surface area contributed by atoms with Crippen molar-refractivity contribution in [1.82, 2.24) is 0 Å². The summed E-state index contributed by atoms with van der Waals surface area (Å²) in [5.74, 6) is 1.62. The Morgan fingerprint density at radius 1 is 1.33 bits per heavy atom. The van der Waals surface area contributed by atoms with Crippen molar-refractivity contribution in [3.8, 4) is 5.75 Å². The number of benzene rings is 1. The van der Waals surface area contributed by atoms with Crippen molar-refractivity contribution in [2.75, 3.05) is 19.0 Å². The van der Waals surface area contributed by atoms with Crippen LogP contribution in [0.3, 0.4) is 0 Å². The molecule has 0 saturated heterocycles. The number of hydrogen-bond acceptors (Lipinski definition) is 3. The molecule has 2 aromatic rings. The Labute approximate surface area is 146 Å². The number of hydrogen-bond donors (Lipinski definition) is 2. The SMILES string of the molecule is COc1ccc(NC(N)=NCC(C)c2ccsc2)cc1.I. The molecule has 6 heteroatoms. The number of aliphatic imine (C=N–C) groups is 1. The maximum atomic E-state index is 5.89. The van der Waals surface area contributed by atoms with Gasteiger partial charge in [-0.3, -0.25) is 4.99 Å². The van der Waals surface area contributed by atoms with Gasteiger partial charge in [-0.25, -0.2) is 0 Å². The van der Waals surface area contributed by atoms with Crippen LogP contribution in [-0.4, -0.2) is 19.6 Å². The molecule has 1 aromatic carbocycles. The Morgan fingerprint density at radius 2 is 2.05 bits per heavy atom. The summed E-state index contributed by atoms with van der Waals surface area (Å²) in [6.07, 6.45) is 0. The maximum absolute atomic E-state index is 5.89. The second-order valence-electron chi connectivity index (χ2n) is 4.54. The molecule has 2 rings (SSSR count). The van der Waals surface area contributed by atoms with Crippen LogP contribution in [0, 0.1) is 0 Å². The fourth-order valence-electron chi connectivity index (χ4n) is 1.76. The zero-order valence-corrected chi connectivity index (χ0v) is 15.2. The van der Waals surface area contributed by atoms with E-state index in [2.05, 4.69) is 34.1 Å². The molecule has 1 aromatic heterocycles. The monoisotopic (exact) mass is 417 g/mol. The van der Waals surface area contributed by atoms with E-state index in [1.165, 1.54) is 5.56 Å². The van der Waals surface area contributed by atoms with Crippen molar-refractivity contribution in [3.63, 3.8) is 0 Å². The number of nitrogens with two attached hydrogens (primary N) is 1. The highest BCUT2D eigenvalue weighted by Gasteiger charge is 2.05. The molecule has 4 nitrogen and oxygen atoms in total. The molecule has 114 valence electrons. The van der Waals surface area contributed by atoms with E-state index in [1.54, 1.807) is 18.4 Å². The number of thiophene rings is 1. The van der Waals surface area contributed by atoms with Crippen molar-refractivity contribution in [1.29, 1.82) is 0 Å². The van der Waals surface area contributed by atoms with E-state index >= 15 is 0 Å². The third kappa shape index (κ3) is 5.55. The Morgan fingerprint density at radius 3 is 2.62 bits per heavy atom. The first kappa shape index (κ1) is 17.8. The van der Waals surface area contributed by atoms with Gasteiger partial charge in [-0.05, 0) is 46.7 Å². The second-order valence-corrected chi connectivity index (χ2v) is 5.32. The predicted octanol–water partition coefficient (Wildman–Crippen LogP) is 3.91. The number of nitrogens with zero attached hydrogens (tertiary/aromatic N) is 1. The molecular formula is C15H20IN3OS. The molecule has 1 heterocycles. The van der Waals surface area contributed by atoms with Gasteiger partial charge in [-0.2, -0.15) is 11.3 Å². The first-order valence-electron chi connectivity index (χ1n) is 6.42. The van der Waals surface area contributed by atoms with Crippen molar-refractivity contribution < 1.29 is 4.74 Å². The van der Waals surface area contributed by atoms with Crippen LogP contribution in [0.5, 0.6) is 5.75 Å². The lowest BCUT2D eigenvalue weighted by Gasteiger charge is -2.09. The van der Waals surface area contributed by atoms with Gasteiger partial charge in [-0.1, -0.05) is 6.92 Å². The van der Waals surface area contributed by atoms with E-state index in [9.17, 15) is 0 Å². The molecule has 0 spiro atoms. The molecule has 3 N–H and O–H groups in total. The summed E-state index contributed by atoms with van der Waals surface area (Å²) in [7, 11) is 1.64. The van der Waals surface area contributed by atoms with Gasteiger partial charge in [0.2, 0.25) is 0 Å². The summed E-state index contributed by atoms with van der Waals surface area (Å²) in [5, 5.41) is 7.29. The van der Waals surface area contributed by atoms with Crippen LogP contribution in [0.25, 0.3) is 0 Å². The lowest BCUT2D eigenvalue weighted by atomic mass is 10.1. The van der Waals surface area contributed by atoms with Crippen LogP contribution in [0.15, 0.2) is 46.1 Å². The highest BCUT2D eigenvalue weighted by molar-refractivity contribution is 14.0. The smallest absolute Gasteiger partial charge is 0.193 e. The minimum Gasteiger partial charge on any atom is -0.497 e. The van der Waals surface area contributed by atoms with Crippen LogP contribution in [0.1, 0.15) is 18.4 Å². The number of methoxy groups -OCH3 is 1. The molecule has 0 fully saturated rings. The van der Waals surface area contributed by atoms with Crippen LogP contribution in [0.4, 0.5) is 5.69 Å². The van der Waals surface area contributed by atoms with Gasteiger partial charge in [0.15, 0.2) is 5.96 Å². The summed E-state index contributed by atoms with van der Waals surface area (Å²) < 4.78 is 5.11. The highest BCUT2D eigenvalue weighted by Crippen LogP contribution is 2.18. The van der Waals surface area contributed by atoms with Crippen molar-refractivity contribution in [2.24, 2.45) is 10.7 Å². The van der Waals surface area contributed by atoms with Crippen molar-refractivity contribution in [3.05, 3.63) is 46.7 Å². The third-order valence-corrected chi connectivity index (χ3v) is 3.71. The highest BCUT2D eigenvalue weighted by atomic mass is 127. The minimum atomic E-state index is 0. The van der Waals surface area contributed by atoms with E-state index in [-0.39, 0.29) is 24.0 Å². The second kappa shape index (κ2) is 8.89. The number of ether oxygens (including phenoxy) is 1. The number of halogens is 1. The van der Waals surface area contributed by atoms with Crippen LogP contribution >= 0.6 is 35.3 Å². The van der Waals surface area contributed by atoms with Gasteiger partial charge in [0.1, 0.15) is 5.75 Å². The average molecular weight is 417 g/mol. The van der Waals surface area contributed by atoms with E-state index < -0.39 is 0 Å². The molecule has 0 radical (unpaired) electrons. The summed E-state index contributed by atoms with van der Waals surface area (Å²) in [6.45, 7) is 2.82. The molecule has 0 aliphatic carbocycles. The van der Waals surface area contributed by atoms with Gasteiger partial charge in [0.05, 0.1) is 7.11 Å². The molecule has 21 heavy (non-hydrogen) atoms. The number of rotatable bonds is 5. The normalized spacial score (nSPS) is 12.4. The molecule has 0 bridgehead atoms. The largest absolute Gasteiger partial charge is 0.497 e. The maximum Gasteiger partial charge on any atom is 0.193 e. The summed E-state index contributed by atoms with van der Waals surface area (Å²) in [4.78, 5) is 4.37. The Bertz CT molecular complexity index is 555. The first-order valence-corrected chi connectivity index (χ1v) is 7.36. The molecule has 0 aliphatic rings. The van der Waals surface area contributed by atoms with Crippen molar-refractivity contribution >= 4 is 47.0 Å². The number of guanidine groups is 1. The van der Waals surface area contributed by atoms with E-state index in [1.807, 2.05) is 24.3 Å². The summed E-state index contributed by atoms with van der Waals surface area (Å²) in [6, 6.07) is 9.69. The fraction of sp³-hybridized carbons (Fsp3) is 0.267. The molecule has 0 aliphatic heterocycles. The fourth-order valence-corrected chi connectivity index (χ4v) is 2.54. The molecule has 0 saturated carbocycles. The Hall–Kier alpha value is -1.28. The lowest BCUT2D eigenvalue weighted by Crippen LogP contribution is -2.23. The summed E-state index contributed by atoms with van der Waals surface area (Å²) >= 11 is 1.70. The van der Waals surface area contributed by atoms with Gasteiger partial charge in [0, 0.05) is 18.2 Å².